The van der Waals surface area contributed by atoms with Crippen LogP contribution in [0.2, 0.25) is 0 Å². The Morgan fingerprint density at radius 3 is 2.46 bits per heavy atom. The maximum absolute atomic E-state index is 11.5. The Kier molecular flexibility index (Phi) is 1.52. The number of phenols is 1. The standard InChI is InChI=1S/C11H10O2/c1-6-3-4-8(12)11-7(2)5-9(13)10(6)11/h3-5,12H,1-2H3. The van der Waals surface area contributed by atoms with E-state index in [2.05, 4.69) is 0 Å². The molecule has 0 radical (unpaired) electrons. The molecule has 0 aromatic heterocycles. The third-order valence-electron chi connectivity index (χ3n) is 2.38. The first-order valence-electron chi connectivity index (χ1n) is 4.17. The van der Waals surface area contributed by atoms with Crippen LogP contribution >= 0.6 is 0 Å². The number of benzene rings is 1. The van der Waals surface area contributed by atoms with Crippen molar-refractivity contribution in [3.63, 3.8) is 0 Å². The number of aromatic hydroxyl groups is 1. The van der Waals surface area contributed by atoms with Crippen molar-refractivity contribution < 1.29 is 9.90 Å². The SMILES string of the molecule is CC1=CC(=O)c2c(C)ccc(O)c21. The third-order valence-corrected chi connectivity index (χ3v) is 2.38. The average molecular weight is 174 g/mol. The lowest BCUT2D eigenvalue weighted by Crippen LogP contribution is -1.95. The van der Waals surface area contributed by atoms with Gasteiger partial charge in [0.25, 0.3) is 0 Å². The Morgan fingerprint density at radius 1 is 1.15 bits per heavy atom. The zero-order valence-electron chi connectivity index (χ0n) is 7.59. The van der Waals surface area contributed by atoms with E-state index >= 15 is 0 Å². The smallest absolute Gasteiger partial charge is 0.187 e. The second kappa shape index (κ2) is 2.46. The van der Waals surface area contributed by atoms with Crippen LogP contribution in [0.5, 0.6) is 5.75 Å². The molecule has 0 aliphatic heterocycles. The van der Waals surface area contributed by atoms with Gasteiger partial charge in [-0.05, 0) is 37.1 Å². The van der Waals surface area contributed by atoms with Crippen LogP contribution in [0.25, 0.3) is 5.57 Å². The number of hydrogen-bond donors (Lipinski definition) is 1. The van der Waals surface area contributed by atoms with Crippen LogP contribution in [0, 0.1) is 6.92 Å². The van der Waals surface area contributed by atoms with E-state index in [1.54, 1.807) is 18.2 Å². The number of carbonyl (C=O) groups excluding carboxylic acids is 1. The zero-order chi connectivity index (χ0) is 9.59. The molecule has 66 valence electrons. The van der Waals surface area contributed by atoms with Crippen LogP contribution in [0.1, 0.15) is 28.4 Å². The maximum atomic E-state index is 11.5. The summed E-state index contributed by atoms with van der Waals surface area (Å²) < 4.78 is 0. The summed E-state index contributed by atoms with van der Waals surface area (Å²) >= 11 is 0. The second-order valence-electron chi connectivity index (χ2n) is 3.34. The van der Waals surface area contributed by atoms with Crippen LogP contribution < -0.4 is 0 Å². The Balaban J connectivity index is 2.82. The summed E-state index contributed by atoms with van der Waals surface area (Å²) in [5, 5.41) is 9.55. The first-order chi connectivity index (χ1) is 6.11. The van der Waals surface area contributed by atoms with Gasteiger partial charge in [-0.3, -0.25) is 4.79 Å². The summed E-state index contributed by atoms with van der Waals surface area (Å²) in [4.78, 5) is 11.5. The topological polar surface area (TPSA) is 37.3 Å². The van der Waals surface area contributed by atoms with Gasteiger partial charge in [-0.1, -0.05) is 6.07 Å². The van der Waals surface area contributed by atoms with Gasteiger partial charge in [-0.15, -0.1) is 0 Å². The molecule has 1 aliphatic rings. The number of hydrogen-bond acceptors (Lipinski definition) is 2. The van der Waals surface area contributed by atoms with Gasteiger partial charge >= 0.3 is 0 Å². The van der Waals surface area contributed by atoms with Crippen molar-refractivity contribution in [1.82, 2.24) is 0 Å². The molecule has 0 fully saturated rings. The maximum Gasteiger partial charge on any atom is 0.187 e. The highest BCUT2D eigenvalue weighted by Gasteiger charge is 2.23. The summed E-state index contributed by atoms with van der Waals surface area (Å²) in [6.07, 6.45) is 1.57. The molecule has 0 atom stereocenters. The number of fused-ring (bicyclic) bond motifs is 1. The van der Waals surface area contributed by atoms with Crippen molar-refractivity contribution >= 4 is 11.4 Å². The Morgan fingerprint density at radius 2 is 1.85 bits per heavy atom. The van der Waals surface area contributed by atoms with Gasteiger partial charge in [0, 0.05) is 11.1 Å². The lowest BCUT2D eigenvalue weighted by molar-refractivity contribution is 0.104. The Hall–Kier alpha value is -1.57. The quantitative estimate of drug-likeness (QED) is 0.655. The van der Waals surface area contributed by atoms with Crippen LogP contribution in [-0.4, -0.2) is 10.9 Å². The number of allylic oxidation sites excluding steroid dienone is 2. The highest BCUT2D eigenvalue weighted by atomic mass is 16.3. The van der Waals surface area contributed by atoms with Crippen LogP contribution in [0.3, 0.4) is 0 Å². The number of carbonyl (C=O) groups is 1. The molecule has 0 bridgehead atoms. The van der Waals surface area contributed by atoms with Crippen molar-refractivity contribution in [2.75, 3.05) is 0 Å². The molecule has 0 saturated heterocycles. The molecule has 0 amide bonds. The summed E-state index contributed by atoms with van der Waals surface area (Å²) in [6.45, 7) is 3.71. The van der Waals surface area contributed by atoms with E-state index in [0.29, 0.717) is 11.1 Å². The van der Waals surface area contributed by atoms with E-state index < -0.39 is 0 Å². The molecule has 1 N–H and O–H groups in total. The second-order valence-corrected chi connectivity index (χ2v) is 3.34. The van der Waals surface area contributed by atoms with Gasteiger partial charge in [-0.2, -0.15) is 0 Å². The van der Waals surface area contributed by atoms with Gasteiger partial charge in [-0.25, -0.2) is 0 Å². The Labute approximate surface area is 76.5 Å². The van der Waals surface area contributed by atoms with E-state index in [0.717, 1.165) is 11.1 Å². The minimum absolute atomic E-state index is 0.000833. The van der Waals surface area contributed by atoms with Crippen LogP contribution in [0.15, 0.2) is 18.2 Å². The Bertz CT molecular complexity index is 428. The van der Waals surface area contributed by atoms with E-state index in [1.165, 1.54) is 0 Å². The number of ketones is 1. The molecule has 0 unspecified atom stereocenters. The summed E-state index contributed by atoms with van der Waals surface area (Å²) in [6, 6.07) is 3.39. The predicted octanol–water partition coefficient (Wildman–Crippen LogP) is 2.30. The van der Waals surface area contributed by atoms with E-state index in [4.69, 9.17) is 0 Å². The molecular weight excluding hydrogens is 164 g/mol. The molecule has 2 rings (SSSR count). The first-order valence-corrected chi connectivity index (χ1v) is 4.17. The van der Waals surface area contributed by atoms with Crippen molar-refractivity contribution in [2.24, 2.45) is 0 Å². The van der Waals surface area contributed by atoms with Gasteiger partial charge in [0.2, 0.25) is 0 Å². The highest BCUT2D eigenvalue weighted by Crippen LogP contribution is 2.35. The van der Waals surface area contributed by atoms with Crippen molar-refractivity contribution in [3.05, 3.63) is 34.9 Å². The minimum Gasteiger partial charge on any atom is -0.507 e. The normalized spacial score (nSPS) is 14.3. The van der Waals surface area contributed by atoms with Crippen molar-refractivity contribution in [2.45, 2.75) is 13.8 Å². The fourth-order valence-corrected chi connectivity index (χ4v) is 1.75. The van der Waals surface area contributed by atoms with Gasteiger partial charge in [0.15, 0.2) is 5.78 Å². The number of aryl methyl sites for hydroxylation is 1. The predicted molar refractivity (Wildman–Crippen MR) is 50.8 cm³/mol. The molecule has 0 spiro atoms. The molecule has 0 heterocycles. The van der Waals surface area contributed by atoms with Crippen LogP contribution in [-0.2, 0) is 0 Å². The molecule has 2 nitrogen and oxygen atoms in total. The summed E-state index contributed by atoms with van der Waals surface area (Å²) in [5.74, 6) is 0.195. The average Bonchev–Trinajstić information content (AvgIpc) is 2.36. The van der Waals surface area contributed by atoms with E-state index in [-0.39, 0.29) is 11.5 Å². The minimum atomic E-state index is 0.000833. The molecule has 0 saturated carbocycles. The molecule has 1 aromatic rings. The molecule has 1 aliphatic carbocycles. The van der Waals surface area contributed by atoms with Gasteiger partial charge in [0.1, 0.15) is 5.75 Å². The molecule has 13 heavy (non-hydrogen) atoms. The van der Waals surface area contributed by atoms with Crippen molar-refractivity contribution in [3.8, 4) is 5.75 Å². The first kappa shape index (κ1) is 8.05. The monoisotopic (exact) mass is 174 g/mol. The fourth-order valence-electron chi connectivity index (χ4n) is 1.75. The number of phenolic OH excluding ortho intramolecular Hbond substituents is 1. The molecule has 2 heteroatoms. The molecule has 1 aromatic carbocycles. The van der Waals surface area contributed by atoms with Crippen molar-refractivity contribution in [1.29, 1.82) is 0 Å². The van der Waals surface area contributed by atoms with E-state index in [9.17, 15) is 9.90 Å². The highest BCUT2D eigenvalue weighted by molar-refractivity contribution is 6.17. The zero-order valence-corrected chi connectivity index (χ0v) is 7.59. The third kappa shape index (κ3) is 0.985. The lowest BCUT2D eigenvalue weighted by atomic mass is 10.0. The van der Waals surface area contributed by atoms with Gasteiger partial charge in [0.05, 0.1) is 0 Å². The summed E-state index contributed by atoms with van der Waals surface area (Å²) in [5.41, 5.74) is 3.12. The fraction of sp³-hybridized carbons (Fsp3) is 0.182. The van der Waals surface area contributed by atoms with Crippen LogP contribution in [0.4, 0.5) is 0 Å². The van der Waals surface area contributed by atoms with Gasteiger partial charge < -0.3 is 5.11 Å². The van der Waals surface area contributed by atoms with E-state index in [1.807, 2.05) is 13.8 Å². The molecular formula is C11H10O2. The lowest BCUT2D eigenvalue weighted by Gasteiger charge is -2.05. The summed E-state index contributed by atoms with van der Waals surface area (Å²) in [7, 11) is 0. The largest absolute Gasteiger partial charge is 0.507 e. The number of rotatable bonds is 0.